The SMILES string of the molecule is Cc1ccc(/C=N\n2c(SCc3ccccc3)nnc2-c2ccccc2)cc1. The van der Waals surface area contributed by atoms with E-state index in [1.807, 2.05) is 59.4 Å². The van der Waals surface area contributed by atoms with Gasteiger partial charge in [0.2, 0.25) is 5.16 Å². The molecule has 0 saturated heterocycles. The molecular weight excluding hydrogens is 364 g/mol. The second-order valence-corrected chi connectivity index (χ2v) is 7.36. The van der Waals surface area contributed by atoms with Crippen LogP contribution < -0.4 is 0 Å². The fraction of sp³-hybridized carbons (Fsp3) is 0.0870. The van der Waals surface area contributed by atoms with Crippen LogP contribution in [0.1, 0.15) is 16.7 Å². The fourth-order valence-electron chi connectivity index (χ4n) is 2.73. The Hall–Kier alpha value is -3.18. The van der Waals surface area contributed by atoms with Crippen LogP contribution in [0.5, 0.6) is 0 Å². The van der Waals surface area contributed by atoms with Gasteiger partial charge in [-0.3, -0.25) is 0 Å². The smallest absolute Gasteiger partial charge is 0.187 e. The summed E-state index contributed by atoms with van der Waals surface area (Å²) in [6.07, 6.45) is 1.85. The van der Waals surface area contributed by atoms with E-state index in [0.29, 0.717) is 0 Å². The molecule has 0 radical (unpaired) electrons. The molecule has 0 aliphatic carbocycles. The van der Waals surface area contributed by atoms with Crippen molar-refractivity contribution in [2.24, 2.45) is 5.10 Å². The maximum absolute atomic E-state index is 4.70. The van der Waals surface area contributed by atoms with Crippen molar-refractivity contribution in [2.75, 3.05) is 0 Å². The zero-order valence-corrected chi connectivity index (χ0v) is 16.4. The number of benzene rings is 3. The first-order chi connectivity index (χ1) is 13.8. The third-order valence-electron chi connectivity index (χ3n) is 4.25. The van der Waals surface area contributed by atoms with E-state index in [0.717, 1.165) is 27.9 Å². The van der Waals surface area contributed by atoms with Gasteiger partial charge in [-0.15, -0.1) is 10.2 Å². The average molecular weight is 385 g/mol. The second-order valence-electron chi connectivity index (χ2n) is 6.41. The summed E-state index contributed by atoms with van der Waals surface area (Å²) in [5.41, 5.74) is 4.50. The van der Waals surface area contributed by atoms with Gasteiger partial charge in [0, 0.05) is 11.3 Å². The maximum atomic E-state index is 4.70. The molecule has 138 valence electrons. The quantitative estimate of drug-likeness (QED) is 0.329. The van der Waals surface area contributed by atoms with Crippen LogP contribution in [0.25, 0.3) is 11.4 Å². The molecule has 0 spiro atoms. The standard InChI is InChI=1S/C23H20N4S/c1-18-12-14-19(15-13-18)16-24-27-22(21-10-6-3-7-11-21)25-26-23(27)28-17-20-8-4-2-5-9-20/h2-16H,17H2,1H3/b24-16-. The third-order valence-corrected chi connectivity index (χ3v) is 5.24. The van der Waals surface area contributed by atoms with Gasteiger partial charge in [0.15, 0.2) is 5.82 Å². The highest BCUT2D eigenvalue weighted by Gasteiger charge is 2.14. The van der Waals surface area contributed by atoms with E-state index in [1.165, 1.54) is 11.1 Å². The summed E-state index contributed by atoms with van der Waals surface area (Å²) in [4.78, 5) is 0. The third kappa shape index (κ3) is 4.38. The topological polar surface area (TPSA) is 43.1 Å². The summed E-state index contributed by atoms with van der Waals surface area (Å²) in [7, 11) is 0. The van der Waals surface area contributed by atoms with E-state index < -0.39 is 0 Å². The molecule has 0 unspecified atom stereocenters. The number of aromatic nitrogens is 3. The second kappa shape index (κ2) is 8.67. The first-order valence-corrected chi connectivity index (χ1v) is 10.1. The Morgan fingerprint density at radius 2 is 1.54 bits per heavy atom. The lowest BCUT2D eigenvalue weighted by Gasteiger charge is -2.05. The summed E-state index contributed by atoms with van der Waals surface area (Å²) >= 11 is 1.63. The highest BCUT2D eigenvalue weighted by Crippen LogP contribution is 2.26. The van der Waals surface area contributed by atoms with Crippen molar-refractivity contribution in [3.63, 3.8) is 0 Å². The van der Waals surface area contributed by atoms with Gasteiger partial charge in [-0.1, -0.05) is 102 Å². The minimum absolute atomic E-state index is 0.736. The molecule has 28 heavy (non-hydrogen) atoms. The Bertz CT molecular complexity index is 1050. The Morgan fingerprint density at radius 3 is 2.25 bits per heavy atom. The Balaban J connectivity index is 1.65. The molecule has 0 aliphatic heterocycles. The first-order valence-electron chi connectivity index (χ1n) is 9.08. The molecule has 0 N–H and O–H groups in total. The largest absolute Gasteiger partial charge is 0.212 e. The van der Waals surface area contributed by atoms with Crippen LogP contribution in [-0.4, -0.2) is 21.1 Å². The predicted molar refractivity (Wildman–Crippen MR) is 116 cm³/mol. The van der Waals surface area contributed by atoms with Crippen LogP contribution in [0.4, 0.5) is 0 Å². The maximum Gasteiger partial charge on any atom is 0.212 e. The van der Waals surface area contributed by atoms with E-state index >= 15 is 0 Å². The van der Waals surface area contributed by atoms with Gasteiger partial charge >= 0.3 is 0 Å². The van der Waals surface area contributed by atoms with E-state index in [1.54, 1.807) is 11.8 Å². The minimum atomic E-state index is 0.736. The molecular formula is C23H20N4S. The molecule has 0 bridgehead atoms. The molecule has 3 aromatic carbocycles. The summed E-state index contributed by atoms with van der Waals surface area (Å²) < 4.78 is 1.82. The molecule has 0 fully saturated rings. The van der Waals surface area contributed by atoms with Crippen LogP contribution in [0.2, 0.25) is 0 Å². The number of hydrogen-bond acceptors (Lipinski definition) is 4. The van der Waals surface area contributed by atoms with Gasteiger partial charge in [0.1, 0.15) is 0 Å². The van der Waals surface area contributed by atoms with Gasteiger partial charge in [-0.25, -0.2) is 0 Å². The lowest BCUT2D eigenvalue weighted by Crippen LogP contribution is -1.97. The molecule has 4 aromatic rings. The Morgan fingerprint density at radius 1 is 0.857 bits per heavy atom. The highest BCUT2D eigenvalue weighted by atomic mass is 32.2. The monoisotopic (exact) mass is 384 g/mol. The summed E-state index contributed by atoms with van der Waals surface area (Å²) in [6.45, 7) is 2.08. The summed E-state index contributed by atoms with van der Waals surface area (Å²) in [5.74, 6) is 1.55. The Kier molecular flexibility index (Phi) is 5.64. The van der Waals surface area contributed by atoms with Crippen molar-refractivity contribution >= 4 is 18.0 Å². The molecule has 0 saturated carbocycles. The lowest BCUT2D eigenvalue weighted by atomic mass is 10.2. The highest BCUT2D eigenvalue weighted by molar-refractivity contribution is 7.98. The molecule has 1 heterocycles. The van der Waals surface area contributed by atoms with Crippen molar-refractivity contribution in [3.05, 3.63) is 102 Å². The molecule has 0 amide bonds. The first kappa shape index (κ1) is 18.2. The lowest BCUT2D eigenvalue weighted by molar-refractivity contribution is 0.772. The molecule has 5 heteroatoms. The van der Waals surface area contributed by atoms with Crippen molar-refractivity contribution in [3.8, 4) is 11.4 Å². The predicted octanol–water partition coefficient (Wildman–Crippen LogP) is 5.43. The Labute approximate surface area is 169 Å². The number of thioether (sulfide) groups is 1. The van der Waals surface area contributed by atoms with Gasteiger partial charge in [-0.05, 0) is 18.1 Å². The fourth-order valence-corrected chi connectivity index (χ4v) is 3.57. The normalized spacial score (nSPS) is 11.2. The summed E-state index contributed by atoms with van der Waals surface area (Å²) in [6, 6.07) is 28.6. The van der Waals surface area contributed by atoms with Crippen LogP contribution in [0.15, 0.2) is 95.2 Å². The minimum Gasteiger partial charge on any atom is -0.187 e. The van der Waals surface area contributed by atoms with Gasteiger partial charge in [0.05, 0.1) is 6.21 Å². The average Bonchev–Trinajstić information content (AvgIpc) is 3.16. The number of nitrogens with zero attached hydrogens (tertiary/aromatic N) is 4. The van der Waals surface area contributed by atoms with E-state index in [-0.39, 0.29) is 0 Å². The zero-order chi connectivity index (χ0) is 19.2. The molecule has 0 atom stereocenters. The number of rotatable bonds is 6. The van der Waals surface area contributed by atoms with Crippen molar-refractivity contribution in [2.45, 2.75) is 17.8 Å². The number of hydrogen-bond donors (Lipinski definition) is 0. The van der Waals surface area contributed by atoms with Gasteiger partial charge in [0.25, 0.3) is 0 Å². The van der Waals surface area contributed by atoms with Crippen molar-refractivity contribution in [1.82, 2.24) is 14.9 Å². The number of aryl methyl sites for hydroxylation is 1. The van der Waals surface area contributed by atoms with E-state index in [9.17, 15) is 0 Å². The molecule has 1 aromatic heterocycles. The van der Waals surface area contributed by atoms with Crippen LogP contribution >= 0.6 is 11.8 Å². The van der Waals surface area contributed by atoms with E-state index in [4.69, 9.17) is 5.10 Å². The van der Waals surface area contributed by atoms with Crippen molar-refractivity contribution < 1.29 is 0 Å². The van der Waals surface area contributed by atoms with E-state index in [2.05, 4.69) is 53.5 Å². The van der Waals surface area contributed by atoms with Crippen molar-refractivity contribution in [1.29, 1.82) is 0 Å². The summed E-state index contributed by atoms with van der Waals surface area (Å²) in [5, 5.41) is 14.3. The van der Waals surface area contributed by atoms with Crippen LogP contribution in [-0.2, 0) is 5.75 Å². The van der Waals surface area contributed by atoms with Gasteiger partial charge in [-0.2, -0.15) is 9.78 Å². The van der Waals surface area contributed by atoms with Crippen LogP contribution in [0, 0.1) is 6.92 Å². The van der Waals surface area contributed by atoms with Gasteiger partial charge < -0.3 is 0 Å². The van der Waals surface area contributed by atoms with Crippen LogP contribution in [0.3, 0.4) is 0 Å². The molecule has 4 rings (SSSR count). The molecule has 0 aliphatic rings. The molecule has 4 nitrogen and oxygen atoms in total. The zero-order valence-electron chi connectivity index (χ0n) is 15.6.